The minimum Gasteiger partial charge on any atom is -0.343 e. The first-order valence-corrected chi connectivity index (χ1v) is 11.7. The van der Waals surface area contributed by atoms with E-state index in [9.17, 15) is 0 Å². The molecule has 1 aromatic heterocycles. The summed E-state index contributed by atoms with van der Waals surface area (Å²) in [5, 5.41) is 7.66. The number of hydrogen-bond donors (Lipinski definition) is 0. The molecule has 0 unspecified atom stereocenters. The van der Waals surface area contributed by atoms with Crippen LogP contribution in [0.25, 0.3) is 65.6 Å². The quantitative estimate of drug-likeness (QED) is 0.201. The van der Waals surface area contributed by atoms with Gasteiger partial charge in [-0.05, 0) is 39.8 Å². The van der Waals surface area contributed by atoms with Crippen LogP contribution in [0.1, 0.15) is 0 Å². The largest absolute Gasteiger partial charge is 0.343 e. The van der Waals surface area contributed by atoms with Crippen molar-refractivity contribution in [2.45, 2.75) is 0 Å². The summed E-state index contributed by atoms with van der Waals surface area (Å²) in [5.74, 6) is 0. The predicted molar refractivity (Wildman–Crippen MR) is 145 cm³/mol. The van der Waals surface area contributed by atoms with Crippen molar-refractivity contribution in [3.05, 3.63) is 121 Å². The van der Waals surface area contributed by atoms with Crippen LogP contribution in [0.2, 0.25) is 0 Å². The Bertz CT molecular complexity index is 1860. The van der Waals surface area contributed by atoms with Crippen LogP contribution in [0.3, 0.4) is 0 Å². The minimum absolute atomic E-state index is 0. The average molecular weight is 521 g/mol. The second-order valence-corrected chi connectivity index (χ2v) is 9.01. The van der Waals surface area contributed by atoms with E-state index >= 15 is 0 Å². The van der Waals surface area contributed by atoms with Gasteiger partial charge in [-0.1, -0.05) is 78.9 Å². The summed E-state index contributed by atoms with van der Waals surface area (Å²) < 4.78 is 2.33. The SMILES string of the molecule is Cn1c2ccccc2c2cc(-c3ccc(-c4ccc5c[c-]ccc5c4)cc3)c3ccccc3c21.[Y]. The summed E-state index contributed by atoms with van der Waals surface area (Å²) in [6.07, 6.45) is 0. The van der Waals surface area contributed by atoms with E-state index in [2.05, 4.69) is 121 Å². The van der Waals surface area contributed by atoms with Crippen molar-refractivity contribution < 1.29 is 32.7 Å². The molecule has 2 heteroatoms. The van der Waals surface area contributed by atoms with E-state index in [-0.39, 0.29) is 32.7 Å². The third-order valence-corrected chi connectivity index (χ3v) is 7.12. The molecule has 0 N–H and O–H groups in total. The molecule has 1 radical (unpaired) electrons. The molecule has 6 aromatic carbocycles. The van der Waals surface area contributed by atoms with Gasteiger partial charge in [0.1, 0.15) is 0 Å². The van der Waals surface area contributed by atoms with Crippen LogP contribution < -0.4 is 0 Å². The Labute approximate surface area is 229 Å². The van der Waals surface area contributed by atoms with Crippen molar-refractivity contribution in [1.82, 2.24) is 4.57 Å². The van der Waals surface area contributed by atoms with Crippen molar-refractivity contribution >= 4 is 43.4 Å². The Morgan fingerprint density at radius 3 is 2.09 bits per heavy atom. The molecule has 35 heavy (non-hydrogen) atoms. The van der Waals surface area contributed by atoms with E-state index in [4.69, 9.17) is 0 Å². The Morgan fingerprint density at radius 1 is 0.571 bits per heavy atom. The third kappa shape index (κ3) is 3.54. The first-order valence-electron chi connectivity index (χ1n) is 11.7. The zero-order chi connectivity index (χ0) is 22.6. The maximum absolute atomic E-state index is 3.16. The molecule has 0 saturated carbocycles. The first kappa shape index (κ1) is 22.2. The smallest absolute Gasteiger partial charge is 0.0568 e. The van der Waals surface area contributed by atoms with E-state index in [1.807, 2.05) is 12.1 Å². The predicted octanol–water partition coefficient (Wildman–Crippen LogP) is 8.77. The second-order valence-electron chi connectivity index (χ2n) is 9.01. The molecule has 0 fully saturated rings. The van der Waals surface area contributed by atoms with E-state index in [1.54, 1.807) is 0 Å². The molecule has 0 aliphatic carbocycles. The first-order chi connectivity index (χ1) is 16.8. The topological polar surface area (TPSA) is 4.93 Å². The van der Waals surface area contributed by atoms with Crippen molar-refractivity contribution in [1.29, 1.82) is 0 Å². The second kappa shape index (κ2) is 8.75. The monoisotopic (exact) mass is 521 g/mol. The van der Waals surface area contributed by atoms with E-state index in [0.29, 0.717) is 0 Å². The van der Waals surface area contributed by atoms with E-state index < -0.39 is 0 Å². The summed E-state index contributed by atoms with van der Waals surface area (Å²) in [6.45, 7) is 0. The van der Waals surface area contributed by atoms with Crippen LogP contribution in [-0.4, -0.2) is 4.57 Å². The molecule has 7 rings (SSSR count). The van der Waals surface area contributed by atoms with Gasteiger partial charge in [0.25, 0.3) is 0 Å². The molecule has 0 saturated heterocycles. The fourth-order valence-corrected chi connectivity index (χ4v) is 5.43. The Balaban J connectivity index is 0.00000229. The number of benzene rings is 6. The van der Waals surface area contributed by atoms with Crippen LogP contribution in [0, 0.1) is 6.07 Å². The minimum atomic E-state index is 0. The normalized spacial score (nSPS) is 11.3. The number of nitrogens with zero attached hydrogens (tertiary/aromatic N) is 1. The molecular weight excluding hydrogens is 499 g/mol. The Morgan fingerprint density at radius 2 is 1.26 bits per heavy atom. The van der Waals surface area contributed by atoms with Crippen molar-refractivity contribution in [2.75, 3.05) is 0 Å². The van der Waals surface area contributed by atoms with Crippen LogP contribution >= 0.6 is 0 Å². The fraction of sp³-hybridized carbons (Fsp3) is 0.0303. The summed E-state index contributed by atoms with van der Waals surface area (Å²) in [4.78, 5) is 0. The van der Waals surface area contributed by atoms with Gasteiger partial charge in [-0.25, -0.2) is 0 Å². The number of aromatic nitrogens is 1. The molecule has 0 amide bonds. The van der Waals surface area contributed by atoms with Crippen LogP contribution in [0.4, 0.5) is 0 Å². The summed E-state index contributed by atoms with van der Waals surface area (Å²) in [5.41, 5.74) is 7.55. The van der Waals surface area contributed by atoms with Gasteiger partial charge in [-0.3, -0.25) is 0 Å². The van der Waals surface area contributed by atoms with Gasteiger partial charge in [0, 0.05) is 61.4 Å². The Hall–Kier alpha value is -3.26. The number of hydrogen-bond acceptors (Lipinski definition) is 0. The van der Waals surface area contributed by atoms with Gasteiger partial charge < -0.3 is 4.57 Å². The van der Waals surface area contributed by atoms with Crippen molar-refractivity contribution in [2.24, 2.45) is 7.05 Å². The standard InChI is InChI=1S/C33H22N.Y/c1-34-32-13-7-6-11-28(32)31-21-30(27-10-4-5-12-29(27)33(31)34)24-17-14-23(15-18-24)26-19-16-22-8-2-3-9-25(22)20-26;/h3-21H,1H3;/q-1;. The summed E-state index contributed by atoms with van der Waals surface area (Å²) in [7, 11) is 2.17. The molecule has 1 heterocycles. The maximum Gasteiger partial charge on any atom is 0.0568 e. The molecule has 1 nitrogen and oxygen atoms in total. The summed E-state index contributed by atoms with van der Waals surface area (Å²) >= 11 is 0. The Kier molecular flexibility index (Phi) is 5.56. The zero-order valence-corrected chi connectivity index (χ0v) is 22.3. The molecule has 0 aliphatic heterocycles. The van der Waals surface area contributed by atoms with Crippen LogP contribution in [0.5, 0.6) is 0 Å². The van der Waals surface area contributed by atoms with Crippen LogP contribution in [-0.2, 0) is 39.8 Å². The molecule has 0 bridgehead atoms. The van der Waals surface area contributed by atoms with Gasteiger partial charge >= 0.3 is 0 Å². The number of aryl methyl sites for hydroxylation is 1. The maximum atomic E-state index is 3.16. The van der Waals surface area contributed by atoms with Gasteiger partial charge in [-0.2, -0.15) is 24.3 Å². The van der Waals surface area contributed by atoms with Crippen molar-refractivity contribution in [3.63, 3.8) is 0 Å². The molecule has 0 atom stereocenters. The van der Waals surface area contributed by atoms with Gasteiger partial charge in [0.2, 0.25) is 0 Å². The summed E-state index contributed by atoms with van der Waals surface area (Å²) in [6, 6.07) is 44.8. The molecule has 0 spiro atoms. The van der Waals surface area contributed by atoms with Gasteiger partial charge in [0.15, 0.2) is 0 Å². The van der Waals surface area contributed by atoms with Crippen LogP contribution in [0.15, 0.2) is 115 Å². The van der Waals surface area contributed by atoms with Crippen molar-refractivity contribution in [3.8, 4) is 22.3 Å². The van der Waals surface area contributed by atoms with Gasteiger partial charge in [-0.15, -0.1) is 16.8 Å². The number of para-hydroxylation sites is 1. The number of fused-ring (bicyclic) bond motifs is 6. The zero-order valence-electron chi connectivity index (χ0n) is 19.5. The molecule has 0 aliphatic rings. The van der Waals surface area contributed by atoms with E-state index in [1.165, 1.54) is 65.6 Å². The molecular formula is C33H22NY-. The van der Waals surface area contributed by atoms with Gasteiger partial charge in [0.05, 0.1) is 5.52 Å². The average Bonchev–Trinajstić information content (AvgIpc) is 3.20. The fourth-order valence-electron chi connectivity index (χ4n) is 5.43. The molecule has 7 aromatic rings. The number of rotatable bonds is 2. The van der Waals surface area contributed by atoms with E-state index in [0.717, 1.165) is 0 Å². The third-order valence-electron chi connectivity index (χ3n) is 7.12. The molecule has 163 valence electrons.